The van der Waals surface area contributed by atoms with Crippen molar-refractivity contribution in [2.24, 2.45) is 5.92 Å². The molecule has 2 aliphatic rings. The summed E-state index contributed by atoms with van der Waals surface area (Å²) >= 11 is 3.65. The van der Waals surface area contributed by atoms with Crippen molar-refractivity contribution in [1.82, 2.24) is 9.88 Å². The number of nitrogens with zero attached hydrogens (tertiary/aromatic N) is 1. The van der Waals surface area contributed by atoms with Crippen LogP contribution in [0.2, 0.25) is 0 Å². The Morgan fingerprint density at radius 2 is 2.38 bits per heavy atom. The molecule has 0 radical (unpaired) electrons. The molecule has 2 heterocycles. The first-order chi connectivity index (χ1) is 10.0. The summed E-state index contributed by atoms with van der Waals surface area (Å²) in [6.45, 7) is 5.92. The molecule has 1 amide bonds. The Bertz CT molecular complexity index is 663. The standard InChI is InChI=1S/C16H21BrN2O2/c1-10(2)9-21-16(20)19-6-5-12-13-7-11(17)3-4-14(13)18-15(12)8-19/h4,7,10-11,18H,3,5-6,8-9H2,1-2H3. The molecule has 0 aromatic carbocycles. The molecule has 4 nitrogen and oxygen atoms in total. The van der Waals surface area contributed by atoms with Gasteiger partial charge in [-0.05, 0) is 29.5 Å². The highest BCUT2D eigenvalue weighted by molar-refractivity contribution is 9.09. The van der Waals surface area contributed by atoms with E-state index in [4.69, 9.17) is 4.74 Å². The number of aromatic amines is 1. The molecule has 1 atom stereocenters. The zero-order valence-electron chi connectivity index (χ0n) is 12.5. The molecule has 0 spiro atoms. The molecule has 5 heteroatoms. The Morgan fingerprint density at radius 3 is 3.14 bits per heavy atom. The van der Waals surface area contributed by atoms with E-state index in [1.54, 1.807) is 4.90 Å². The van der Waals surface area contributed by atoms with E-state index in [9.17, 15) is 4.79 Å². The molecule has 1 unspecified atom stereocenters. The molecule has 0 bridgehead atoms. The van der Waals surface area contributed by atoms with Gasteiger partial charge in [-0.1, -0.05) is 41.9 Å². The maximum atomic E-state index is 12.1. The minimum Gasteiger partial charge on any atom is -0.449 e. The monoisotopic (exact) mass is 352 g/mol. The Hall–Kier alpha value is -1.23. The minimum absolute atomic E-state index is 0.201. The molecular weight excluding hydrogens is 332 g/mol. The number of hydrogen-bond donors (Lipinski definition) is 1. The first-order valence-corrected chi connectivity index (χ1v) is 8.43. The van der Waals surface area contributed by atoms with Crippen LogP contribution in [0.3, 0.4) is 0 Å². The van der Waals surface area contributed by atoms with Crippen LogP contribution >= 0.6 is 15.9 Å². The lowest BCUT2D eigenvalue weighted by Crippen LogP contribution is -2.38. The molecule has 1 aliphatic carbocycles. The van der Waals surface area contributed by atoms with E-state index in [2.05, 4.69) is 33.1 Å². The van der Waals surface area contributed by atoms with E-state index in [-0.39, 0.29) is 6.09 Å². The number of aromatic nitrogens is 1. The van der Waals surface area contributed by atoms with Gasteiger partial charge in [-0.2, -0.15) is 0 Å². The third-order valence-corrected chi connectivity index (χ3v) is 4.58. The van der Waals surface area contributed by atoms with Crippen molar-refractivity contribution in [3.63, 3.8) is 0 Å². The normalized spacial score (nSPS) is 20.4. The number of nitrogens with one attached hydrogen (secondary N) is 1. The van der Waals surface area contributed by atoms with E-state index in [0.29, 0.717) is 23.9 Å². The van der Waals surface area contributed by atoms with Crippen LogP contribution in [0, 0.1) is 5.92 Å². The van der Waals surface area contributed by atoms with Gasteiger partial charge in [-0.3, -0.25) is 0 Å². The summed E-state index contributed by atoms with van der Waals surface area (Å²) in [4.78, 5) is 17.7. The Balaban J connectivity index is 1.78. The quantitative estimate of drug-likeness (QED) is 0.826. The van der Waals surface area contributed by atoms with Gasteiger partial charge >= 0.3 is 6.09 Å². The number of hydrogen-bond acceptors (Lipinski definition) is 2. The van der Waals surface area contributed by atoms with Gasteiger partial charge in [0.15, 0.2) is 0 Å². The summed E-state index contributed by atoms with van der Waals surface area (Å²) in [5.41, 5.74) is 2.51. The van der Waals surface area contributed by atoms with Crippen LogP contribution in [-0.4, -0.2) is 34.0 Å². The number of carbonyl (C=O) groups excluding carboxylic acids is 1. The summed E-state index contributed by atoms with van der Waals surface area (Å²) < 4.78 is 5.33. The van der Waals surface area contributed by atoms with E-state index in [1.807, 2.05) is 13.8 Å². The molecule has 1 N–H and O–H groups in total. The number of halogens is 1. The molecule has 21 heavy (non-hydrogen) atoms. The molecule has 3 rings (SSSR count). The molecule has 0 saturated heterocycles. The highest BCUT2D eigenvalue weighted by Gasteiger charge is 2.25. The molecule has 0 fully saturated rings. The summed E-state index contributed by atoms with van der Waals surface area (Å²) in [5.74, 6) is 0.368. The van der Waals surface area contributed by atoms with Gasteiger partial charge in [0.25, 0.3) is 0 Å². The van der Waals surface area contributed by atoms with Crippen LogP contribution in [0.4, 0.5) is 4.79 Å². The first kappa shape index (κ1) is 14.7. The molecule has 1 aliphatic heterocycles. The van der Waals surface area contributed by atoms with Crippen molar-refractivity contribution in [3.05, 3.63) is 21.8 Å². The van der Waals surface area contributed by atoms with E-state index in [0.717, 1.165) is 25.1 Å². The Labute approximate surface area is 133 Å². The van der Waals surface area contributed by atoms with Crippen LogP contribution in [0.25, 0.3) is 12.2 Å². The van der Waals surface area contributed by atoms with Gasteiger partial charge in [-0.15, -0.1) is 0 Å². The topological polar surface area (TPSA) is 45.3 Å². The third-order valence-electron chi connectivity index (χ3n) is 3.94. The van der Waals surface area contributed by atoms with Crippen molar-refractivity contribution in [2.45, 2.75) is 38.1 Å². The predicted octanol–water partition coefficient (Wildman–Crippen LogP) is 1.89. The number of ether oxygens (including phenoxy) is 1. The lowest BCUT2D eigenvalue weighted by Gasteiger charge is -2.26. The fraction of sp³-hybridized carbons (Fsp3) is 0.562. The highest BCUT2D eigenvalue weighted by atomic mass is 79.9. The van der Waals surface area contributed by atoms with Crippen molar-refractivity contribution in [3.8, 4) is 0 Å². The maximum absolute atomic E-state index is 12.1. The van der Waals surface area contributed by atoms with Gasteiger partial charge in [0.05, 0.1) is 13.2 Å². The average molecular weight is 353 g/mol. The average Bonchev–Trinajstić information content (AvgIpc) is 2.81. The first-order valence-electron chi connectivity index (χ1n) is 7.52. The number of fused-ring (bicyclic) bond motifs is 3. The van der Waals surface area contributed by atoms with Crippen molar-refractivity contribution >= 4 is 34.2 Å². The fourth-order valence-electron chi connectivity index (χ4n) is 2.88. The van der Waals surface area contributed by atoms with E-state index < -0.39 is 0 Å². The Morgan fingerprint density at radius 1 is 1.57 bits per heavy atom. The van der Waals surface area contributed by atoms with Gasteiger partial charge < -0.3 is 14.6 Å². The molecule has 114 valence electrons. The smallest absolute Gasteiger partial charge is 0.410 e. The summed E-state index contributed by atoms with van der Waals surface area (Å²) in [7, 11) is 0. The molecule has 1 aromatic heterocycles. The largest absolute Gasteiger partial charge is 0.449 e. The van der Waals surface area contributed by atoms with Crippen molar-refractivity contribution in [1.29, 1.82) is 0 Å². The van der Waals surface area contributed by atoms with E-state index in [1.165, 1.54) is 16.1 Å². The maximum Gasteiger partial charge on any atom is 0.410 e. The molecule has 1 aromatic rings. The predicted molar refractivity (Wildman–Crippen MR) is 86.6 cm³/mol. The summed E-state index contributed by atoms with van der Waals surface area (Å²) in [6.07, 6.45) is 6.20. The van der Waals surface area contributed by atoms with Gasteiger partial charge in [0, 0.05) is 22.4 Å². The SMILES string of the molecule is CC(C)COC(=O)N1CCc2c([nH]c3c2=CC(Br)CC=3)C1. The van der Waals surface area contributed by atoms with Crippen LogP contribution in [0.1, 0.15) is 31.5 Å². The second kappa shape index (κ2) is 5.87. The zero-order valence-corrected chi connectivity index (χ0v) is 14.1. The van der Waals surface area contributed by atoms with Crippen LogP contribution < -0.4 is 10.6 Å². The second-order valence-corrected chi connectivity index (χ2v) is 7.35. The number of rotatable bonds is 2. The fourth-order valence-corrected chi connectivity index (χ4v) is 3.33. The number of H-pyrrole nitrogens is 1. The number of carbonyl (C=O) groups is 1. The zero-order chi connectivity index (χ0) is 15.0. The molecular formula is C16H21BrN2O2. The van der Waals surface area contributed by atoms with Crippen LogP contribution in [0.15, 0.2) is 0 Å². The molecule has 0 saturated carbocycles. The van der Waals surface area contributed by atoms with Crippen LogP contribution in [-0.2, 0) is 17.7 Å². The van der Waals surface area contributed by atoms with Crippen LogP contribution in [0.5, 0.6) is 0 Å². The Kier molecular flexibility index (Phi) is 4.11. The lowest BCUT2D eigenvalue weighted by molar-refractivity contribution is 0.0875. The minimum atomic E-state index is -0.201. The second-order valence-electron chi connectivity index (χ2n) is 6.17. The summed E-state index contributed by atoms with van der Waals surface area (Å²) in [5, 5.41) is 2.52. The van der Waals surface area contributed by atoms with Gasteiger partial charge in [0.2, 0.25) is 0 Å². The number of alkyl halides is 1. The van der Waals surface area contributed by atoms with Crippen molar-refractivity contribution < 1.29 is 9.53 Å². The lowest BCUT2D eigenvalue weighted by atomic mass is 10.0. The van der Waals surface area contributed by atoms with E-state index >= 15 is 0 Å². The van der Waals surface area contributed by atoms with Gasteiger partial charge in [0.1, 0.15) is 0 Å². The third kappa shape index (κ3) is 3.03. The summed E-state index contributed by atoms with van der Waals surface area (Å²) in [6, 6.07) is 0. The highest BCUT2D eigenvalue weighted by Crippen LogP contribution is 2.17. The van der Waals surface area contributed by atoms with Crippen molar-refractivity contribution in [2.75, 3.05) is 13.2 Å². The van der Waals surface area contributed by atoms with Gasteiger partial charge in [-0.25, -0.2) is 4.79 Å². The number of amides is 1.